The van der Waals surface area contributed by atoms with E-state index in [1.807, 2.05) is 12.3 Å². The highest BCUT2D eigenvalue weighted by Gasteiger charge is 2.36. The molecule has 0 radical (unpaired) electrons. The van der Waals surface area contributed by atoms with Crippen molar-refractivity contribution in [1.29, 1.82) is 0 Å². The Bertz CT molecular complexity index is 691. The number of benzene rings is 1. The smallest absolute Gasteiger partial charge is 0.223 e. The van der Waals surface area contributed by atoms with Gasteiger partial charge < -0.3 is 14.6 Å². The molecule has 1 aromatic carbocycles. The highest BCUT2D eigenvalue weighted by Crippen LogP contribution is 2.29. The Hall–Kier alpha value is -1.81. The van der Waals surface area contributed by atoms with Gasteiger partial charge in [0.25, 0.3) is 0 Å². The molecule has 122 valence electrons. The lowest BCUT2D eigenvalue weighted by Gasteiger charge is -2.43. The third-order valence-electron chi connectivity index (χ3n) is 5.34. The molecule has 0 bridgehead atoms. The van der Waals surface area contributed by atoms with Gasteiger partial charge in [-0.25, -0.2) is 0 Å². The molecule has 1 aromatic heterocycles. The fraction of sp³-hybridized carbons (Fsp3) is 0.526. The molecule has 2 aromatic rings. The van der Waals surface area contributed by atoms with E-state index >= 15 is 0 Å². The number of aromatic amines is 1. The van der Waals surface area contributed by atoms with E-state index in [1.54, 1.807) is 0 Å². The third kappa shape index (κ3) is 2.88. The summed E-state index contributed by atoms with van der Waals surface area (Å²) in [5, 5.41) is 1.23. The average molecular weight is 312 g/mol. The van der Waals surface area contributed by atoms with E-state index in [1.165, 1.54) is 23.8 Å². The van der Waals surface area contributed by atoms with Crippen LogP contribution in [0.2, 0.25) is 0 Å². The summed E-state index contributed by atoms with van der Waals surface area (Å²) in [4.78, 5) is 18.1. The van der Waals surface area contributed by atoms with Crippen LogP contribution >= 0.6 is 0 Å². The second kappa shape index (κ2) is 6.36. The van der Waals surface area contributed by atoms with Crippen molar-refractivity contribution >= 4 is 16.8 Å². The normalized spacial score (nSPS) is 24.6. The number of rotatable bonds is 3. The zero-order valence-electron chi connectivity index (χ0n) is 13.5. The number of fused-ring (bicyclic) bond motifs is 2. The Labute approximate surface area is 136 Å². The zero-order valence-corrected chi connectivity index (χ0v) is 13.5. The molecule has 1 aliphatic carbocycles. The molecule has 2 atom stereocenters. The third-order valence-corrected chi connectivity index (χ3v) is 5.34. The van der Waals surface area contributed by atoms with E-state index < -0.39 is 0 Å². The van der Waals surface area contributed by atoms with Crippen molar-refractivity contribution in [2.24, 2.45) is 0 Å². The Balaban J connectivity index is 1.43. The van der Waals surface area contributed by atoms with E-state index in [0.29, 0.717) is 19.1 Å². The molecule has 1 saturated heterocycles. The fourth-order valence-electron chi connectivity index (χ4n) is 4.13. The van der Waals surface area contributed by atoms with Crippen LogP contribution in [0.5, 0.6) is 0 Å². The maximum absolute atomic E-state index is 12.7. The summed E-state index contributed by atoms with van der Waals surface area (Å²) in [6.45, 7) is 1.45. The molecule has 0 unspecified atom stereocenters. The number of carbonyl (C=O) groups excluding carboxylic acids is 1. The van der Waals surface area contributed by atoms with Crippen molar-refractivity contribution in [1.82, 2.24) is 9.88 Å². The van der Waals surface area contributed by atoms with Gasteiger partial charge in [-0.2, -0.15) is 0 Å². The number of amides is 1. The van der Waals surface area contributed by atoms with E-state index in [4.69, 9.17) is 4.74 Å². The lowest BCUT2D eigenvalue weighted by atomic mass is 9.90. The predicted octanol–water partition coefficient (Wildman–Crippen LogP) is 3.27. The highest BCUT2D eigenvalue weighted by atomic mass is 16.5. The molecule has 1 amide bonds. The number of carbonyl (C=O) groups is 1. The first-order valence-electron chi connectivity index (χ1n) is 8.79. The summed E-state index contributed by atoms with van der Waals surface area (Å²) in [6, 6.07) is 8.60. The number of H-pyrrole nitrogens is 1. The van der Waals surface area contributed by atoms with Crippen LogP contribution in [0, 0.1) is 0 Å². The van der Waals surface area contributed by atoms with Gasteiger partial charge in [0.2, 0.25) is 5.91 Å². The summed E-state index contributed by atoms with van der Waals surface area (Å²) in [6.07, 6.45) is 8.37. The van der Waals surface area contributed by atoms with Gasteiger partial charge in [0, 0.05) is 30.1 Å². The first-order chi connectivity index (χ1) is 11.3. The lowest BCUT2D eigenvalue weighted by Crippen LogP contribution is -2.54. The van der Waals surface area contributed by atoms with Gasteiger partial charge in [-0.05, 0) is 30.9 Å². The molecule has 2 fully saturated rings. The topological polar surface area (TPSA) is 45.3 Å². The monoisotopic (exact) mass is 312 g/mol. The van der Waals surface area contributed by atoms with Crippen molar-refractivity contribution in [3.63, 3.8) is 0 Å². The van der Waals surface area contributed by atoms with Crippen LogP contribution in [0.3, 0.4) is 0 Å². The predicted molar refractivity (Wildman–Crippen MR) is 90.3 cm³/mol. The number of aromatic nitrogens is 1. The summed E-state index contributed by atoms with van der Waals surface area (Å²) in [7, 11) is 0. The van der Waals surface area contributed by atoms with Gasteiger partial charge in [-0.1, -0.05) is 31.0 Å². The minimum atomic E-state index is 0.273. The number of hydrogen-bond acceptors (Lipinski definition) is 2. The van der Waals surface area contributed by atoms with Gasteiger partial charge in [0.15, 0.2) is 0 Å². The van der Waals surface area contributed by atoms with E-state index in [0.717, 1.165) is 31.3 Å². The minimum Gasteiger partial charge on any atom is -0.374 e. The van der Waals surface area contributed by atoms with Crippen molar-refractivity contribution < 1.29 is 9.53 Å². The number of nitrogens with one attached hydrogen (secondary N) is 1. The van der Waals surface area contributed by atoms with Crippen LogP contribution in [0.15, 0.2) is 30.5 Å². The van der Waals surface area contributed by atoms with Crippen molar-refractivity contribution in [3.05, 3.63) is 36.0 Å². The van der Waals surface area contributed by atoms with Crippen molar-refractivity contribution in [2.45, 2.75) is 50.7 Å². The Morgan fingerprint density at radius 1 is 1.26 bits per heavy atom. The molecule has 23 heavy (non-hydrogen) atoms. The van der Waals surface area contributed by atoms with Gasteiger partial charge in [-0.3, -0.25) is 4.79 Å². The molecule has 1 N–H and O–H groups in total. The fourth-order valence-corrected chi connectivity index (χ4v) is 4.13. The van der Waals surface area contributed by atoms with Crippen LogP contribution in [-0.2, 0) is 16.0 Å². The van der Waals surface area contributed by atoms with Crippen LogP contribution in [-0.4, -0.2) is 41.1 Å². The number of aryl methyl sites for hydroxylation is 1. The Morgan fingerprint density at radius 2 is 2.13 bits per heavy atom. The van der Waals surface area contributed by atoms with Gasteiger partial charge in [0.05, 0.1) is 18.8 Å². The number of ether oxygens (including phenoxy) is 1. The van der Waals surface area contributed by atoms with E-state index in [2.05, 4.69) is 28.1 Å². The van der Waals surface area contributed by atoms with Crippen LogP contribution in [0.4, 0.5) is 0 Å². The minimum absolute atomic E-state index is 0.273. The maximum atomic E-state index is 12.7. The average Bonchev–Trinajstić information content (AvgIpc) is 3.02. The summed E-state index contributed by atoms with van der Waals surface area (Å²) >= 11 is 0. The lowest BCUT2D eigenvalue weighted by molar-refractivity contribution is -0.149. The highest BCUT2D eigenvalue weighted by molar-refractivity contribution is 5.84. The molecule has 4 heteroatoms. The quantitative estimate of drug-likeness (QED) is 0.945. The number of morpholine rings is 1. The van der Waals surface area contributed by atoms with Crippen molar-refractivity contribution in [3.8, 4) is 0 Å². The molecular weight excluding hydrogens is 288 g/mol. The van der Waals surface area contributed by atoms with Gasteiger partial charge in [-0.15, -0.1) is 0 Å². The molecule has 2 heterocycles. The standard InChI is InChI=1S/C19H24N2O2/c22-19(21-11-12-23-18-8-4-3-7-17(18)21)10-9-14-13-20-16-6-2-1-5-15(14)16/h1-2,5-6,13,17-18,20H,3-4,7-12H2/t17-,18+/m0/s1. The van der Waals surface area contributed by atoms with Crippen molar-refractivity contribution in [2.75, 3.05) is 13.2 Å². The first-order valence-corrected chi connectivity index (χ1v) is 8.79. The summed E-state index contributed by atoms with van der Waals surface area (Å²) in [5.41, 5.74) is 2.39. The molecule has 1 aliphatic heterocycles. The second-order valence-corrected chi connectivity index (χ2v) is 6.71. The van der Waals surface area contributed by atoms with E-state index in [9.17, 15) is 4.79 Å². The molecule has 4 rings (SSSR count). The Morgan fingerprint density at radius 3 is 3.09 bits per heavy atom. The number of hydrogen-bond donors (Lipinski definition) is 1. The second-order valence-electron chi connectivity index (χ2n) is 6.71. The summed E-state index contributed by atoms with van der Waals surface area (Å²) < 4.78 is 5.87. The Kier molecular flexibility index (Phi) is 4.08. The molecule has 4 nitrogen and oxygen atoms in total. The zero-order chi connectivity index (χ0) is 15.6. The number of nitrogens with zero attached hydrogens (tertiary/aromatic N) is 1. The first kappa shape index (κ1) is 14.8. The van der Waals surface area contributed by atoms with E-state index in [-0.39, 0.29) is 12.0 Å². The van der Waals surface area contributed by atoms with Gasteiger partial charge in [0.1, 0.15) is 0 Å². The SMILES string of the molecule is O=C(CCc1c[nH]c2ccccc12)N1CCO[C@@H]2CCCC[C@@H]21. The van der Waals surface area contributed by atoms with Crippen LogP contribution in [0.25, 0.3) is 10.9 Å². The van der Waals surface area contributed by atoms with Crippen LogP contribution in [0.1, 0.15) is 37.7 Å². The maximum Gasteiger partial charge on any atom is 0.223 e. The largest absolute Gasteiger partial charge is 0.374 e. The van der Waals surface area contributed by atoms with Gasteiger partial charge >= 0.3 is 0 Å². The van der Waals surface area contributed by atoms with Crippen LogP contribution < -0.4 is 0 Å². The molecule has 2 aliphatic rings. The molecule has 1 saturated carbocycles. The molecule has 0 spiro atoms. The summed E-state index contributed by atoms with van der Waals surface area (Å²) in [5.74, 6) is 0.287. The molecular formula is C19H24N2O2. The number of para-hydroxylation sites is 1.